The SMILES string of the molecule is COCC(O)CCNC(=O)C1C(C(=O)O)C1(C)C. The first-order valence-corrected chi connectivity index (χ1v) is 6.00. The van der Waals surface area contributed by atoms with Crippen molar-refractivity contribution >= 4 is 11.9 Å². The van der Waals surface area contributed by atoms with Gasteiger partial charge in [0.25, 0.3) is 0 Å². The molecule has 0 aliphatic heterocycles. The summed E-state index contributed by atoms with van der Waals surface area (Å²) in [5.41, 5.74) is -0.485. The zero-order valence-electron chi connectivity index (χ0n) is 11.0. The van der Waals surface area contributed by atoms with Crippen LogP contribution in [0.15, 0.2) is 0 Å². The number of carbonyl (C=O) groups is 2. The summed E-state index contributed by atoms with van der Waals surface area (Å²) in [4.78, 5) is 22.7. The van der Waals surface area contributed by atoms with Crippen molar-refractivity contribution < 1.29 is 24.5 Å². The maximum atomic E-state index is 11.8. The second-order valence-corrected chi connectivity index (χ2v) is 5.30. The Balaban J connectivity index is 2.33. The number of rotatable bonds is 7. The Kier molecular flexibility index (Phi) is 4.70. The summed E-state index contributed by atoms with van der Waals surface area (Å²) in [5, 5.41) is 21.0. The molecule has 1 amide bonds. The van der Waals surface area contributed by atoms with E-state index in [1.807, 2.05) is 0 Å². The van der Waals surface area contributed by atoms with Crippen molar-refractivity contribution in [3.63, 3.8) is 0 Å². The van der Waals surface area contributed by atoms with E-state index >= 15 is 0 Å². The number of hydrogen-bond donors (Lipinski definition) is 3. The Morgan fingerprint density at radius 3 is 2.44 bits per heavy atom. The van der Waals surface area contributed by atoms with Crippen LogP contribution in [0.25, 0.3) is 0 Å². The molecule has 0 heterocycles. The molecule has 1 rings (SSSR count). The van der Waals surface area contributed by atoms with Crippen LogP contribution in [0.5, 0.6) is 0 Å². The van der Waals surface area contributed by atoms with Crippen LogP contribution in [0.3, 0.4) is 0 Å². The van der Waals surface area contributed by atoms with Gasteiger partial charge in [-0.1, -0.05) is 13.8 Å². The Morgan fingerprint density at radius 2 is 2.00 bits per heavy atom. The Morgan fingerprint density at radius 1 is 1.39 bits per heavy atom. The van der Waals surface area contributed by atoms with E-state index < -0.39 is 29.3 Å². The molecule has 6 nitrogen and oxygen atoms in total. The van der Waals surface area contributed by atoms with Gasteiger partial charge in [-0.2, -0.15) is 0 Å². The van der Waals surface area contributed by atoms with Crippen molar-refractivity contribution in [2.24, 2.45) is 17.3 Å². The van der Waals surface area contributed by atoms with Crippen molar-refractivity contribution in [1.82, 2.24) is 5.32 Å². The maximum Gasteiger partial charge on any atom is 0.307 e. The molecule has 0 radical (unpaired) electrons. The van der Waals surface area contributed by atoms with Gasteiger partial charge in [-0.15, -0.1) is 0 Å². The van der Waals surface area contributed by atoms with Crippen LogP contribution >= 0.6 is 0 Å². The zero-order valence-corrected chi connectivity index (χ0v) is 11.0. The number of carboxylic acid groups (broad SMARTS) is 1. The van der Waals surface area contributed by atoms with Gasteiger partial charge in [-0.25, -0.2) is 0 Å². The van der Waals surface area contributed by atoms with Crippen LogP contribution in [0.2, 0.25) is 0 Å². The highest BCUT2D eigenvalue weighted by Crippen LogP contribution is 2.58. The second-order valence-electron chi connectivity index (χ2n) is 5.30. The summed E-state index contributed by atoms with van der Waals surface area (Å²) in [6, 6.07) is 0. The number of aliphatic hydroxyl groups is 1. The van der Waals surface area contributed by atoms with E-state index in [1.54, 1.807) is 13.8 Å². The first-order chi connectivity index (χ1) is 8.32. The molecule has 0 aromatic rings. The molecule has 3 N–H and O–H groups in total. The van der Waals surface area contributed by atoms with Crippen LogP contribution in [-0.4, -0.2) is 48.5 Å². The van der Waals surface area contributed by atoms with Gasteiger partial charge in [0.15, 0.2) is 0 Å². The standard InChI is InChI=1S/C12H21NO5/c1-12(2)8(9(12)11(16)17)10(15)13-5-4-7(14)6-18-3/h7-9,14H,4-6H2,1-3H3,(H,13,15)(H,16,17). The third kappa shape index (κ3) is 3.20. The van der Waals surface area contributed by atoms with Crippen molar-refractivity contribution in [3.8, 4) is 0 Å². The quantitative estimate of drug-likeness (QED) is 0.591. The molecule has 1 aliphatic carbocycles. The van der Waals surface area contributed by atoms with Gasteiger partial charge in [-0.3, -0.25) is 9.59 Å². The topological polar surface area (TPSA) is 95.9 Å². The van der Waals surface area contributed by atoms with Crippen LogP contribution in [0.4, 0.5) is 0 Å². The van der Waals surface area contributed by atoms with Gasteiger partial charge < -0.3 is 20.3 Å². The smallest absolute Gasteiger partial charge is 0.307 e. The third-order valence-corrected chi connectivity index (χ3v) is 3.51. The third-order valence-electron chi connectivity index (χ3n) is 3.51. The van der Waals surface area contributed by atoms with Crippen LogP contribution < -0.4 is 5.32 Å². The highest BCUT2D eigenvalue weighted by atomic mass is 16.5. The minimum atomic E-state index is -0.931. The lowest BCUT2D eigenvalue weighted by molar-refractivity contribution is -0.140. The van der Waals surface area contributed by atoms with E-state index in [-0.39, 0.29) is 12.5 Å². The lowest BCUT2D eigenvalue weighted by Crippen LogP contribution is -2.31. The number of ether oxygens (including phenoxy) is 1. The molecule has 0 aromatic carbocycles. The fourth-order valence-electron chi connectivity index (χ4n) is 2.34. The largest absolute Gasteiger partial charge is 0.481 e. The Hall–Kier alpha value is -1.14. The molecule has 1 aliphatic rings. The van der Waals surface area contributed by atoms with E-state index in [2.05, 4.69) is 5.32 Å². The van der Waals surface area contributed by atoms with Crippen molar-refractivity contribution in [2.45, 2.75) is 26.4 Å². The summed E-state index contributed by atoms with van der Waals surface area (Å²) >= 11 is 0. The fraction of sp³-hybridized carbons (Fsp3) is 0.833. The summed E-state index contributed by atoms with van der Waals surface area (Å²) in [6.45, 7) is 4.09. The number of aliphatic hydroxyl groups excluding tert-OH is 1. The van der Waals surface area contributed by atoms with Gasteiger partial charge in [0.2, 0.25) is 5.91 Å². The molecular formula is C12H21NO5. The maximum absolute atomic E-state index is 11.8. The van der Waals surface area contributed by atoms with Crippen molar-refractivity contribution in [1.29, 1.82) is 0 Å². The number of nitrogens with one attached hydrogen (secondary N) is 1. The molecule has 3 atom stereocenters. The van der Waals surface area contributed by atoms with Crippen LogP contribution in [-0.2, 0) is 14.3 Å². The van der Waals surface area contributed by atoms with E-state index in [0.717, 1.165) is 0 Å². The van der Waals surface area contributed by atoms with E-state index in [4.69, 9.17) is 9.84 Å². The number of carbonyl (C=O) groups excluding carboxylic acids is 1. The minimum absolute atomic E-state index is 0.225. The lowest BCUT2D eigenvalue weighted by Gasteiger charge is -2.10. The highest BCUT2D eigenvalue weighted by molar-refractivity contribution is 5.91. The number of methoxy groups -OCH3 is 1. The summed E-state index contributed by atoms with van der Waals surface area (Å²) in [7, 11) is 1.49. The van der Waals surface area contributed by atoms with Crippen molar-refractivity contribution in [2.75, 3.05) is 20.3 Å². The summed E-state index contributed by atoms with van der Waals surface area (Å²) < 4.78 is 4.76. The number of carboxylic acids is 1. The fourth-order valence-corrected chi connectivity index (χ4v) is 2.34. The first-order valence-electron chi connectivity index (χ1n) is 6.00. The molecule has 1 saturated carbocycles. The molecule has 6 heteroatoms. The lowest BCUT2D eigenvalue weighted by atomic mass is 10.1. The Labute approximate surface area is 106 Å². The van der Waals surface area contributed by atoms with E-state index in [9.17, 15) is 14.7 Å². The predicted octanol–water partition coefficient (Wildman–Crippen LogP) is -0.143. The molecule has 0 bridgehead atoms. The zero-order chi connectivity index (χ0) is 13.9. The minimum Gasteiger partial charge on any atom is -0.481 e. The van der Waals surface area contributed by atoms with Gasteiger partial charge in [0, 0.05) is 13.7 Å². The molecule has 1 fully saturated rings. The molecule has 104 valence electrons. The summed E-state index contributed by atoms with van der Waals surface area (Å²) in [6.07, 6.45) is -0.220. The predicted molar refractivity (Wildman–Crippen MR) is 63.9 cm³/mol. The Bertz CT molecular complexity index is 328. The van der Waals surface area contributed by atoms with Gasteiger partial charge in [0.1, 0.15) is 0 Å². The van der Waals surface area contributed by atoms with Gasteiger partial charge in [0.05, 0.1) is 24.5 Å². The first kappa shape index (κ1) is 14.9. The van der Waals surface area contributed by atoms with E-state index in [0.29, 0.717) is 13.0 Å². The molecule has 0 spiro atoms. The monoisotopic (exact) mass is 259 g/mol. The average Bonchev–Trinajstić information content (AvgIpc) is 2.82. The number of aliphatic carboxylic acids is 1. The van der Waals surface area contributed by atoms with Crippen LogP contribution in [0, 0.1) is 17.3 Å². The van der Waals surface area contributed by atoms with Crippen LogP contribution in [0.1, 0.15) is 20.3 Å². The molecule has 0 saturated heterocycles. The highest BCUT2D eigenvalue weighted by Gasteiger charge is 2.65. The molecule has 18 heavy (non-hydrogen) atoms. The van der Waals surface area contributed by atoms with E-state index in [1.165, 1.54) is 7.11 Å². The summed E-state index contributed by atoms with van der Waals surface area (Å²) in [5.74, 6) is -2.27. The average molecular weight is 259 g/mol. The van der Waals surface area contributed by atoms with Crippen molar-refractivity contribution in [3.05, 3.63) is 0 Å². The van der Waals surface area contributed by atoms with Gasteiger partial charge >= 0.3 is 5.97 Å². The number of amides is 1. The second kappa shape index (κ2) is 5.67. The number of hydrogen-bond acceptors (Lipinski definition) is 4. The molecule has 0 aromatic heterocycles. The molecular weight excluding hydrogens is 238 g/mol. The molecule has 3 unspecified atom stereocenters. The van der Waals surface area contributed by atoms with Gasteiger partial charge in [-0.05, 0) is 11.8 Å². The normalized spacial score (nSPS) is 26.4.